The molecule has 1 aliphatic rings. The third kappa shape index (κ3) is 4.40. The number of aryl methyl sites for hydroxylation is 1. The van der Waals surface area contributed by atoms with Crippen molar-refractivity contribution < 1.29 is 13.9 Å². The molecule has 0 radical (unpaired) electrons. The van der Waals surface area contributed by atoms with Crippen LogP contribution < -0.4 is 15.3 Å². The number of carbonyl (C=O) groups excluding carboxylic acids is 1. The van der Waals surface area contributed by atoms with Crippen molar-refractivity contribution in [3.8, 4) is 5.75 Å². The SMILES string of the molecule is Cc1cc(=O)oc2cc(OCC(=O)N3CCN(c4cccc(Cl)c4)CC3)c(Cl)cc12. The number of fused-ring (bicyclic) bond motifs is 1. The molecule has 0 atom stereocenters. The molecular formula is C22H20Cl2N2O4. The lowest BCUT2D eigenvalue weighted by molar-refractivity contribution is -0.133. The fourth-order valence-electron chi connectivity index (χ4n) is 3.55. The van der Waals surface area contributed by atoms with Crippen LogP contribution >= 0.6 is 23.2 Å². The molecule has 1 saturated heterocycles. The molecule has 30 heavy (non-hydrogen) atoms. The molecule has 0 aliphatic carbocycles. The van der Waals surface area contributed by atoms with E-state index in [-0.39, 0.29) is 12.5 Å². The number of hydrogen-bond acceptors (Lipinski definition) is 5. The van der Waals surface area contributed by atoms with E-state index >= 15 is 0 Å². The second kappa shape index (κ2) is 8.58. The summed E-state index contributed by atoms with van der Waals surface area (Å²) in [6.07, 6.45) is 0. The summed E-state index contributed by atoms with van der Waals surface area (Å²) in [5.74, 6) is 0.187. The van der Waals surface area contributed by atoms with Crippen LogP contribution in [0.2, 0.25) is 10.0 Å². The normalized spacial score (nSPS) is 14.2. The number of hydrogen-bond donors (Lipinski definition) is 0. The van der Waals surface area contributed by atoms with Crippen molar-refractivity contribution in [3.05, 3.63) is 68.5 Å². The van der Waals surface area contributed by atoms with E-state index in [4.69, 9.17) is 32.4 Å². The maximum Gasteiger partial charge on any atom is 0.336 e. The van der Waals surface area contributed by atoms with Gasteiger partial charge in [0.1, 0.15) is 11.3 Å². The van der Waals surface area contributed by atoms with Crippen molar-refractivity contribution in [2.75, 3.05) is 37.7 Å². The molecule has 8 heteroatoms. The molecule has 4 rings (SSSR count). The zero-order valence-electron chi connectivity index (χ0n) is 16.4. The zero-order chi connectivity index (χ0) is 21.3. The first kappa shape index (κ1) is 20.6. The van der Waals surface area contributed by atoms with Crippen molar-refractivity contribution in [1.82, 2.24) is 4.90 Å². The lowest BCUT2D eigenvalue weighted by atomic mass is 10.1. The topological polar surface area (TPSA) is 63.0 Å². The molecule has 6 nitrogen and oxygen atoms in total. The van der Waals surface area contributed by atoms with Crippen LogP contribution in [-0.2, 0) is 4.79 Å². The second-order valence-electron chi connectivity index (χ2n) is 7.16. The number of rotatable bonds is 4. The summed E-state index contributed by atoms with van der Waals surface area (Å²) in [5.41, 5.74) is 1.75. The van der Waals surface area contributed by atoms with Crippen molar-refractivity contribution >= 4 is 45.8 Å². The Bertz CT molecular complexity index is 1150. The van der Waals surface area contributed by atoms with E-state index in [0.29, 0.717) is 47.6 Å². The molecule has 2 heterocycles. The molecule has 0 spiro atoms. The predicted octanol–water partition coefficient (Wildman–Crippen LogP) is 4.14. The molecule has 156 valence electrons. The molecule has 1 aliphatic heterocycles. The van der Waals surface area contributed by atoms with Crippen molar-refractivity contribution in [3.63, 3.8) is 0 Å². The van der Waals surface area contributed by atoms with Gasteiger partial charge in [-0.3, -0.25) is 4.79 Å². The van der Waals surface area contributed by atoms with Crippen molar-refractivity contribution in [1.29, 1.82) is 0 Å². The average Bonchev–Trinajstić information content (AvgIpc) is 2.73. The standard InChI is InChI=1S/C22H20Cl2N2O4/c1-14-9-22(28)30-19-12-20(18(24)11-17(14)19)29-13-21(27)26-7-5-25(6-8-26)16-4-2-3-15(23)10-16/h2-4,9-12H,5-8,13H2,1H3. The molecule has 0 bridgehead atoms. The summed E-state index contributed by atoms with van der Waals surface area (Å²) in [4.78, 5) is 28.2. The van der Waals surface area contributed by atoms with E-state index in [2.05, 4.69) is 4.90 Å². The molecule has 0 saturated carbocycles. The van der Waals surface area contributed by atoms with Gasteiger partial charge < -0.3 is 19.0 Å². The van der Waals surface area contributed by atoms with E-state index in [1.807, 2.05) is 31.2 Å². The van der Waals surface area contributed by atoms with E-state index in [0.717, 1.165) is 16.6 Å². The maximum atomic E-state index is 12.6. The third-order valence-corrected chi connectivity index (χ3v) is 5.69. The number of piperazine rings is 1. The Morgan fingerprint density at radius 3 is 2.60 bits per heavy atom. The fourth-order valence-corrected chi connectivity index (χ4v) is 3.95. The smallest absolute Gasteiger partial charge is 0.336 e. The average molecular weight is 447 g/mol. The van der Waals surface area contributed by atoms with Gasteiger partial charge in [-0.15, -0.1) is 0 Å². The van der Waals surface area contributed by atoms with Crippen LogP contribution in [0.15, 0.2) is 51.7 Å². The first-order chi connectivity index (χ1) is 14.4. The molecular weight excluding hydrogens is 427 g/mol. The molecule has 1 fully saturated rings. The third-order valence-electron chi connectivity index (χ3n) is 5.16. The van der Waals surface area contributed by atoms with Crippen LogP contribution in [0.1, 0.15) is 5.56 Å². The van der Waals surface area contributed by atoms with Gasteiger partial charge >= 0.3 is 5.63 Å². The minimum Gasteiger partial charge on any atom is -0.482 e. The summed E-state index contributed by atoms with van der Waals surface area (Å²) in [6, 6.07) is 12.3. The number of anilines is 1. The monoisotopic (exact) mass is 446 g/mol. The lowest BCUT2D eigenvalue weighted by Gasteiger charge is -2.36. The Balaban J connectivity index is 1.38. The molecule has 1 amide bonds. The Hall–Kier alpha value is -2.70. The van der Waals surface area contributed by atoms with Crippen LogP contribution in [0, 0.1) is 6.92 Å². The largest absolute Gasteiger partial charge is 0.482 e. The highest BCUT2D eigenvalue weighted by atomic mass is 35.5. The molecule has 2 aromatic carbocycles. The predicted molar refractivity (Wildman–Crippen MR) is 118 cm³/mol. The number of halogens is 2. The lowest BCUT2D eigenvalue weighted by Crippen LogP contribution is -2.50. The van der Waals surface area contributed by atoms with Crippen molar-refractivity contribution in [2.45, 2.75) is 6.92 Å². The number of nitrogens with zero attached hydrogens (tertiary/aromatic N) is 2. The van der Waals surface area contributed by atoms with Gasteiger partial charge in [-0.2, -0.15) is 0 Å². The number of carbonyl (C=O) groups is 1. The first-order valence-corrected chi connectivity index (χ1v) is 10.3. The van der Waals surface area contributed by atoms with E-state index in [9.17, 15) is 9.59 Å². The van der Waals surface area contributed by atoms with Crippen LogP contribution in [-0.4, -0.2) is 43.6 Å². The highest BCUT2D eigenvalue weighted by Gasteiger charge is 2.22. The Labute approximate surface area is 183 Å². The summed E-state index contributed by atoms with van der Waals surface area (Å²) in [5, 5.41) is 1.78. The van der Waals surface area contributed by atoms with Gasteiger partial charge in [-0.1, -0.05) is 29.3 Å². The molecule has 0 N–H and O–H groups in total. The van der Waals surface area contributed by atoms with E-state index in [1.54, 1.807) is 17.0 Å². The van der Waals surface area contributed by atoms with Gasteiger partial charge in [0.25, 0.3) is 5.91 Å². The molecule has 1 aromatic heterocycles. The van der Waals surface area contributed by atoms with Crippen LogP contribution in [0.4, 0.5) is 5.69 Å². The van der Waals surface area contributed by atoms with Crippen LogP contribution in [0.3, 0.4) is 0 Å². The maximum absolute atomic E-state index is 12.6. The Kier molecular flexibility index (Phi) is 5.88. The van der Waals surface area contributed by atoms with Crippen molar-refractivity contribution in [2.24, 2.45) is 0 Å². The van der Waals surface area contributed by atoms with Crippen LogP contribution in [0.25, 0.3) is 11.0 Å². The van der Waals surface area contributed by atoms with Gasteiger partial charge in [0.05, 0.1) is 5.02 Å². The molecule has 0 unspecified atom stereocenters. The summed E-state index contributed by atoms with van der Waals surface area (Å²) in [6.45, 7) is 4.28. The van der Waals surface area contributed by atoms with Gasteiger partial charge in [0, 0.05) is 54.4 Å². The van der Waals surface area contributed by atoms with E-state index < -0.39 is 5.63 Å². The van der Waals surface area contributed by atoms with E-state index in [1.165, 1.54) is 6.07 Å². The summed E-state index contributed by atoms with van der Waals surface area (Å²) < 4.78 is 10.9. The van der Waals surface area contributed by atoms with Gasteiger partial charge in [-0.05, 0) is 36.8 Å². The van der Waals surface area contributed by atoms with Gasteiger partial charge in [-0.25, -0.2) is 4.79 Å². The first-order valence-electron chi connectivity index (χ1n) is 9.56. The highest BCUT2D eigenvalue weighted by Crippen LogP contribution is 2.31. The second-order valence-corrected chi connectivity index (χ2v) is 8.01. The number of ether oxygens (including phenoxy) is 1. The Morgan fingerprint density at radius 2 is 1.87 bits per heavy atom. The molecule has 3 aromatic rings. The minimum absolute atomic E-state index is 0.123. The number of benzene rings is 2. The zero-order valence-corrected chi connectivity index (χ0v) is 17.9. The minimum atomic E-state index is -0.443. The van der Waals surface area contributed by atoms with Crippen LogP contribution in [0.5, 0.6) is 5.75 Å². The Morgan fingerprint density at radius 1 is 1.10 bits per heavy atom. The summed E-state index contributed by atoms with van der Waals surface area (Å²) >= 11 is 12.4. The fraction of sp³-hybridized carbons (Fsp3) is 0.273. The van der Waals surface area contributed by atoms with Gasteiger partial charge in [0.15, 0.2) is 6.61 Å². The quantitative estimate of drug-likeness (QED) is 0.563. The number of amides is 1. The highest BCUT2D eigenvalue weighted by molar-refractivity contribution is 6.32. The van der Waals surface area contributed by atoms with Gasteiger partial charge in [0.2, 0.25) is 0 Å². The summed E-state index contributed by atoms with van der Waals surface area (Å²) in [7, 11) is 0.